The number of rotatable bonds is 4. The molecule has 29 heavy (non-hydrogen) atoms. The normalized spacial score (nSPS) is 16.6. The van der Waals surface area contributed by atoms with Gasteiger partial charge in [0, 0.05) is 17.3 Å². The van der Waals surface area contributed by atoms with Crippen molar-refractivity contribution in [3.05, 3.63) is 45.6 Å². The van der Waals surface area contributed by atoms with E-state index in [0.717, 1.165) is 41.6 Å². The van der Waals surface area contributed by atoms with Crippen LogP contribution in [-0.4, -0.2) is 15.9 Å². The van der Waals surface area contributed by atoms with Crippen molar-refractivity contribution in [2.45, 2.75) is 46.5 Å². The molecule has 1 aliphatic rings. The molecular formula is C22H25ClN4OS. The van der Waals surface area contributed by atoms with Gasteiger partial charge in [0.25, 0.3) is 5.91 Å². The van der Waals surface area contributed by atoms with Crippen molar-refractivity contribution in [1.82, 2.24) is 9.97 Å². The predicted octanol–water partition coefficient (Wildman–Crippen LogP) is 5.72. The van der Waals surface area contributed by atoms with Gasteiger partial charge in [0.2, 0.25) is 0 Å². The summed E-state index contributed by atoms with van der Waals surface area (Å²) in [7, 11) is 0. The largest absolute Gasteiger partial charge is 0.397 e. The maximum Gasteiger partial charge on any atom is 0.269 e. The van der Waals surface area contributed by atoms with E-state index in [1.807, 2.05) is 0 Å². The molecule has 152 valence electrons. The standard InChI is InChI=1S/C22H25ClN4OS/c1-4-22(2,3)13-5-7-16-12(9-13)10-15-18(24)19(29-21(15)26-16)20(28)27-17-8-6-14(23)11-25-17/h6,8,10-11,13H,4-5,7,9,24H2,1-3H3,(H,25,27,28). The Hall–Kier alpha value is -2.18. The van der Waals surface area contributed by atoms with Crippen LogP contribution in [0.1, 0.15) is 54.5 Å². The number of nitrogen functional groups attached to an aromatic ring is 1. The van der Waals surface area contributed by atoms with Gasteiger partial charge in [0.05, 0.1) is 10.7 Å². The highest BCUT2D eigenvalue weighted by Crippen LogP contribution is 2.42. The van der Waals surface area contributed by atoms with E-state index in [9.17, 15) is 4.79 Å². The van der Waals surface area contributed by atoms with Gasteiger partial charge < -0.3 is 11.1 Å². The van der Waals surface area contributed by atoms with Crippen LogP contribution >= 0.6 is 22.9 Å². The second-order valence-corrected chi connectivity index (χ2v) is 9.82. The maximum atomic E-state index is 12.8. The van der Waals surface area contributed by atoms with Crippen molar-refractivity contribution in [1.29, 1.82) is 0 Å². The molecule has 0 radical (unpaired) electrons. The molecule has 0 saturated carbocycles. The fourth-order valence-corrected chi connectivity index (χ4v) is 5.04. The van der Waals surface area contributed by atoms with Crippen LogP contribution in [-0.2, 0) is 12.8 Å². The number of fused-ring (bicyclic) bond motifs is 2. The van der Waals surface area contributed by atoms with Crippen LogP contribution in [0.25, 0.3) is 10.2 Å². The van der Waals surface area contributed by atoms with Crippen molar-refractivity contribution in [2.24, 2.45) is 11.3 Å². The molecule has 1 unspecified atom stereocenters. The minimum absolute atomic E-state index is 0.275. The molecule has 3 heterocycles. The number of pyridine rings is 2. The summed E-state index contributed by atoms with van der Waals surface area (Å²) in [5.74, 6) is 0.800. The van der Waals surface area contributed by atoms with Crippen LogP contribution in [0.3, 0.4) is 0 Å². The first-order valence-corrected chi connectivity index (χ1v) is 11.1. The molecule has 1 atom stereocenters. The van der Waals surface area contributed by atoms with Gasteiger partial charge in [-0.3, -0.25) is 4.79 Å². The molecule has 0 fully saturated rings. The van der Waals surface area contributed by atoms with Crippen molar-refractivity contribution in [3.63, 3.8) is 0 Å². The summed E-state index contributed by atoms with van der Waals surface area (Å²) in [6.45, 7) is 6.95. The molecule has 0 spiro atoms. The number of amides is 1. The predicted molar refractivity (Wildman–Crippen MR) is 121 cm³/mol. The number of carbonyl (C=O) groups excluding carboxylic acids is 1. The second-order valence-electron chi connectivity index (χ2n) is 8.39. The van der Waals surface area contributed by atoms with Crippen LogP contribution < -0.4 is 11.1 Å². The number of aryl methyl sites for hydroxylation is 1. The Balaban J connectivity index is 1.64. The van der Waals surface area contributed by atoms with Gasteiger partial charge in [-0.1, -0.05) is 38.8 Å². The molecule has 1 aliphatic carbocycles. The van der Waals surface area contributed by atoms with Crippen molar-refractivity contribution < 1.29 is 4.79 Å². The zero-order chi connectivity index (χ0) is 20.8. The van der Waals surface area contributed by atoms with Gasteiger partial charge in [-0.05, 0) is 54.4 Å². The highest BCUT2D eigenvalue weighted by atomic mass is 35.5. The minimum atomic E-state index is -0.275. The fourth-order valence-electron chi connectivity index (χ4n) is 3.94. The van der Waals surface area contributed by atoms with E-state index in [-0.39, 0.29) is 5.91 Å². The summed E-state index contributed by atoms with van der Waals surface area (Å²) in [4.78, 5) is 23.0. The average molecular weight is 429 g/mol. The van der Waals surface area contributed by atoms with E-state index in [0.29, 0.717) is 32.7 Å². The smallest absolute Gasteiger partial charge is 0.269 e. The van der Waals surface area contributed by atoms with E-state index in [1.165, 1.54) is 23.1 Å². The van der Waals surface area contributed by atoms with Crippen LogP contribution in [0, 0.1) is 11.3 Å². The first-order valence-electron chi connectivity index (χ1n) is 9.92. The Morgan fingerprint density at radius 2 is 2.21 bits per heavy atom. The van der Waals surface area contributed by atoms with E-state index >= 15 is 0 Å². The van der Waals surface area contributed by atoms with Crippen LogP contribution in [0.5, 0.6) is 0 Å². The average Bonchev–Trinajstić information content (AvgIpc) is 3.03. The molecule has 0 saturated heterocycles. The summed E-state index contributed by atoms with van der Waals surface area (Å²) >= 11 is 7.19. The van der Waals surface area contributed by atoms with Gasteiger partial charge in [-0.15, -0.1) is 11.3 Å². The Morgan fingerprint density at radius 1 is 1.41 bits per heavy atom. The first kappa shape index (κ1) is 20.1. The summed E-state index contributed by atoms with van der Waals surface area (Å²) in [6, 6.07) is 5.50. The Bertz CT molecular complexity index is 1070. The third kappa shape index (κ3) is 3.83. The zero-order valence-corrected chi connectivity index (χ0v) is 18.5. The van der Waals surface area contributed by atoms with E-state index in [1.54, 1.807) is 12.1 Å². The van der Waals surface area contributed by atoms with Gasteiger partial charge >= 0.3 is 0 Å². The van der Waals surface area contributed by atoms with Gasteiger partial charge in [0.1, 0.15) is 15.5 Å². The first-order chi connectivity index (χ1) is 13.8. The lowest BCUT2D eigenvalue weighted by atomic mass is 9.69. The highest BCUT2D eigenvalue weighted by molar-refractivity contribution is 7.21. The molecule has 0 bridgehead atoms. The number of nitrogens with one attached hydrogen (secondary N) is 1. The number of nitrogens with two attached hydrogens (primary N) is 1. The van der Waals surface area contributed by atoms with E-state index < -0.39 is 0 Å². The molecule has 3 aromatic heterocycles. The Kier molecular flexibility index (Phi) is 5.25. The highest BCUT2D eigenvalue weighted by Gasteiger charge is 2.32. The molecule has 7 heteroatoms. The topological polar surface area (TPSA) is 80.9 Å². The Morgan fingerprint density at radius 3 is 2.90 bits per heavy atom. The lowest BCUT2D eigenvalue weighted by Crippen LogP contribution is -2.29. The molecule has 4 rings (SSSR count). The second kappa shape index (κ2) is 7.58. The van der Waals surface area contributed by atoms with Gasteiger partial charge in [-0.2, -0.15) is 0 Å². The molecule has 1 amide bonds. The maximum absolute atomic E-state index is 12.8. The SMILES string of the molecule is CCC(C)(C)C1CCc2nc3sc(C(=O)Nc4ccc(Cl)cn4)c(N)c3cc2C1. The number of anilines is 2. The zero-order valence-electron chi connectivity index (χ0n) is 16.9. The number of hydrogen-bond donors (Lipinski definition) is 2. The number of halogens is 1. The number of nitrogens with zero attached hydrogens (tertiary/aromatic N) is 2. The lowest BCUT2D eigenvalue weighted by molar-refractivity contribution is 0.103. The minimum Gasteiger partial charge on any atom is -0.397 e. The number of thiophene rings is 1. The third-order valence-electron chi connectivity index (χ3n) is 6.28. The summed E-state index contributed by atoms with van der Waals surface area (Å²) < 4.78 is 0. The number of hydrogen-bond acceptors (Lipinski definition) is 5. The van der Waals surface area contributed by atoms with Crippen LogP contribution in [0.15, 0.2) is 24.4 Å². The van der Waals surface area contributed by atoms with Crippen LogP contribution in [0.4, 0.5) is 11.5 Å². The monoisotopic (exact) mass is 428 g/mol. The molecule has 0 aliphatic heterocycles. The fraction of sp³-hybridized carbons (Fsp3) is 0.409. The van der Waals surface area contributed by atoms with Crippen molar-refractivity contribution >= 4 is 50.6 Å². The van der Waals surface area contributed by atoms with Crippen molar-refractivity contribution in [2.75, 3.05) is 11.1 Å². The molecule has 0 aromatic carbocycles. The van der Waals surface area contributed by atoms with Gasteiger partial charge in [-0.25, -0.2) is 9.97 Å². The summed E-state index contributed by atoms with van der Waals surface area (Å²) in [5, 5.41) is 4.18. The van der Waals surface area contributed by atoms with E-state index in [4.69, 9.17) is 22.3 Å². The number of carbonyl (C=O) groups is 1. The number of aromatic nitrogens is 2. The molecule has 3 N–H and O–H groups in total. The molecular weight excluding hydrogens is 404 g/mol. The van der Waals surface area contributed by atoms with Crippen molar-refractivity contribution in [3.8, 4) is 0 Å². The molecule has 5 nitrogen and oxygen atoms in total. The quantitative estimate of drug-likeness (QED) is 0.556. The summed E-state index contributed by atoms with van der Waals surface area (Å²) in [6.07, 6.45) is 5.81. The third-order valence-corrected chi connectivity index (χ3v) is 7.61. The summed E-state index contributed by atoms with van der Waals surface area (Å²) in [5.41, 5.74) is 9.58. The Labute approximate surface area is 179 Å². The lowest BCUT2D eigenvalue weighted by Gasteiger charge is -2.36. The van der Waals surface area contributed by atoms with Crippen LogP contribution in [0.2, 0.25) is 5.02 Å². The van der Waals surface area contributed by atoms with E-state index in [2.05, 4.69) is 37.1 Å². The van der Waals surface area contributed by atoms with Gasteiger partial charge in [0.15, 0.2) is 0 Å². The molecule has 3 aromatic rings.